The van der Waals surface area contributed by atoms with E-state index < -0.39 is 8.53 Å². The molecule has 6 fully saturated rings. The van der Waals surface area contributed by atoms with Gasteiger partial charge < -0.3 is 57.5 Å². The van der Waals surface area contributed by atoms with Crippen molar-refractivity contribution in [1.82, 2.24) is 9.57 Å². The zero-order valence-electron chi connectivity index (χ0n) is 41.5. The first-order valence-corrected chi connectivity index (χ1v) is 23.9. The zero-order valence-corrected chi connectivity index (χ0v) is 47.5. The minimum absolute atomic E-state index is 0. The van der Waals surface area contributed by atoms with Crippen molar-refractivity contribution in [3.05, 3.63) is 43.6 Å². The Hall–Kier alpha value is 1.49. The van der Waals surface area contributed by atoms with Gasteiger partial charge in [0.05, 0.1) is 19.1 Å². The minimum atomic E-state index is -1.08. The number of hydrogen-bond donors (Lipinski definition) is 0. The predicted octanol–water partition coefficient (Wildman–Crippen LogP) is 16.3. The molecule has 59 heavy (non-hydrogen) atoms. The van der Waals surface area contributed by atoms with E-state index in [9.17, 15) is 0 Å². The third-order valence-corrected chi connectivity index (χ3v) is 14.4. The molecular formula is C50H102Fe2N3O2PW. The van der Waals surface area contributed by atoms with Gasteiger partial charge in [0.25, 0.3) is 8.53 Å². The minimum Gasteiger partial charge on any atom is -0.358 e. The molecule has 0 amide bonds. The van der Waals surface area contributed by atoms with Gasteiger partial charge in [0.2, 0.25) is 0 Å². The summed E-state index contributed by atoms with van der Waals surface area (Å²) >= 11 is 0. The third-order valence-electron chi connectivity index (χ3n) is 12.3. The number of hydrogen-bond acceptors (Lipinski definition) is 5. The van der Waals surface area contributed by atoms with Crippen molar-refractivity contribution in [2.24, 2.45) is 22.7 Å². The number of nitriles is 1. The van der Waals surface area contributed by atoms with Crippen LogP contribution in [0.5, 0.6) is 0 Å². The monoisotopic (exact) mass is 1100 g/mol. The quantitative estimate of drug-likeness (QED) is 0.0751. The van der Waals surface area contributed by atoms with Crippen LogP contribution < -0.4 is 0 Å². The average molecular weight is 1100 g/mol. The van der Waals surface area contributed by atoms with E-state index in [4.69, 9.17) is 14.3 Å². The van der Waals surface area contributed by atoms with E-state index in [0.29, 0.717) is 37.1 Å². The van der Waals surface area contributed by atoms with Crippen molar-refractivity contribution in [2.45, 2.75) is 222 Å². The van der Waals surface area contributed by atoms with Crippen LogP contribution in [0, 0.1) is 77.6 Å². The fraction of sp³-hybridized carbons (Fsp3) is 0.860. The van der Waals surface area contributed by atoms with Gasteiger partial charge >= 0.3 is 55.2 Å². The first-order chi connectivity index (χ1) is 25.2. The SMILES string of the molecule is C1CCCC1.C1CCCC1.CC.CC.[CH2-]CCOP(OCCC#N)N(C(C)C)C(C)C.[CH2-]CN(CC1CCC2(CCCC2)C1)CC12CCC(CC1)C2.[CH3-].[CH3-].[CH3-].[CH3-].[Fe+2].[Fe+2].[W+2]. The van der Waals surface area contributed by atoms with Crippen LogP contribution in [0.25, 0.3) is 0 Å². The molecule has 2 unspecified atom stereocenters. The Morgan fingerprint density at radius 2 is 1.10 bits per heavy atom. The maximum atomic E-state index is 8.52. The fourth-order valence-electron chi connectivity index (χ4n) is 9.89. The van der Waals surface area contributed by atoms with Gasteiger partial charge in [-0.15, -0.1) is 6.54 Å². The molecule has 6 rings (SSSR count). The normalized spacial score (nSPS) is 22.7. The van der Waals surface area contributed by atoms with E-state index in [2.05, 4.69) is 57.2 Å². The summed E-state index contributed by atoms with van der Waals surface area (Å²) < 4.78 is 13.6. The van der Waals surface area contributed by atoms with Crippen LogP contribution in [-0.2, 0) is 64.3 Å². The van der Waals surface area contributed by atoms with Crippen molar-refractivity contribution in [2.75, 3.05) is 32.8 Å². The number of rotatable bonds is 14. The molecule has 0 radical (unpaired) electrons. The second-order valence-corrected chi connectivity index (χ2v) is 18.4. The van der Waals surface area contributed by atoms with Crippen LogP contribution in [0.15, 0.2) is 0 Å². The molecule has 2 atom stereocenters. The number of fused-ring (bicyclic) bond motifs is 2. The van der Waals surface area contributed by atoms with Crippen LogP contribution in [0.1, 0.15) is 209 Å². The molecule has 5 nitrogen and oxygen atoms in total. The summed E-state index contributed by atoms with van der Waals surface area (Å²) in [7, 11) is -1.08. The molecule has 0 N–H and O–H groups in total. The standard InChI is InChI=1S/C20H34N.C12H24N2O2P.2C5H10.2C2H6.4CH3.2Fe.W/c1-2-21(16-20-11-5-17(13-20)6-12-20)15-18-7-10-19(14-18)8-3-4-9-19;1-6-9-15-17(16-10-7-8-13)14(11(2)3)12(4)5;2*1-2-4-5-3-1;2*1-2;;;;;;;/h17-18H,1-16H2;11-12H,1,6-7,9-10H2,2-5H3;2*1-5H2;2*1-2H3;4*1H3;;;/q2*-1;;;;;4*-1;3*+2. The van der Waals surface area contributed by atoms with E-state index in [1.165, 1.54) is 135 Å². The topological polar surface area (TPSA) is 48.7 Å². The molecule has 0 aromatic carbocycles. The summed E-state index contributed by atoms with van der Waals surface area (Å²) in [6.45, 7) is 29.3. The molecule has 6 saturated carbocycles. The largest absolute Gasteiger partial charge is 2.00 e. The molecule has 0 aromatic rings. The molecule has 6 aliphatic rings. The van der Waals surface area contributed by atoms with Crippen LogP contribution in [0.2, 0.25) is 0 Å². The molecule has 1 spiro atoms. The molecule has 9 heteroatoms. The fourth-order valence-corrected chi connectivity index (χ4v) is 11.5. The van der Waals surface area contributed by atoms with E-state index >= 15 is 0 Å². The smallest absolute Gasteiger partial charge is 0.358 e. The first kappa shape index (κ1) is 74.8. The third kappa shape index (κ3) is 30.3. The van der Waals surface area contributed by atoms with Crippen LogP contribution in [0.3, 0.4) is 0 Å². The molecular weight excluding hydrogens is 1000 g/mol. The number of nitrogens with zero attached hydrogens (tertiary/aromatic N) is 3. The second-order valence-electron chi connectivity index (χ2n) is 17.0. The van der Waals surface area contributed by atoms with Gasteiger partial charge in [-0.05, 0) is 121 Å². The maximum absolute atomic E-state index is 8.52. The van der Waals surface area contributed by atoms with Crippen LogP contribution in [0.4, 0.5) is 0 Å². The predicted molar refractivity (Wildman–Crippen MR) is 255 cm³/mol. The molecule has 356 valence electrons. The van der Waals surface area contributed by atoms with Crippen molar-refractivity contribution in [3.8, 4) is 6.07 Å². The summed E-state index contributed by atoms with van der Waals surface area (Å²) in [5, 5.41) is 8.52. The van der Waals surface area contributed by atoms with Gasteiger partial charge in [0.1, 0.15) is 0 Å². The summed E-state index contributed by atoms with van der Waals surface area (Å²) in [4.78, 5) is 2.74. The Bertz CT molecular complexity index is 841. The van der Waals surface area contributed by atoms with Crippen molar-refractivity contribution < 1.29 is 64.3 Å². The van der Waals surface area contributed by atoms with E-state index in [1.54, 1.807) is 19.3 Å². The van der Waals surface area contributed by atoms with E-state index in [0.717, 1.165) is 30.2 Å². The summed E-state index contributed by atoms with van der Waals surface area (Å²) in [6, 6.07) is 2.78. The first-order valence-electron chi connectivity index (χ1n) is 22.8. The van der Waals surface area contributed by atoms with Gasteiger partial charge in [-0.2, -0.15) is 11.7 Å². The average Bonchev–Trinajstić information content (AvgIpc) is 4.01. The summed E-state index contributed by atoms with van der Waals surface area (Å²) in [5.41, 5.74) is 1.51. The van der Waals surface area contributed by atoms with E-state index in [1.807, 2.05) is 27.7 Å². The molecule has 0 saturated heterocycles. The Morgan fingerprint density at radius 1 is 0.661 bits per heavy atom. The summed E-state index contributed by atoms with van der Waals surface area (Å²) in [6.07, 6.45) is 34.4. The molecule has 0 aliphatic heterocycles. The Balaban J connectivity index is -0.000000128. The van der Waals surface area contributed by atoms with Crippen LogP contribution >= 0.6 is 8.53 Å². The Labute approximate surface area is 411 Å². The molecule has 6 aliphatic carbocycles. The van der Waals surface area contributed by atoms with E-state index in [-0.39, 0.29) is 84.9 Å². The van der Waals surface area contributed by atoms with Crippen LogP contribution in [-0.4, -0.2) is 54.5 Å². The van der Waals surface area contributed by atoms with Gasteiger partial charge in [-0.25, -0.2) is 4.67 Å². The van der Waals surface area contributed by atoms with Crippen molar-refractivity contribution in [1.29, 1.82) is 5.26 Å². The van der Waals surface area contributed by atoms with Gasteiger partial charge in [-0.3, -0.25) is 0 Å². The zero-order chi connectivity index (χ0) is 38.7. The molecule has 0 aromatic heterocycles. The van der Waals surface area contributed by atoms with Gasteiger partial charge in [0, 0.05) is 25.2 Å². The van der Waals surface area contributed by atoms with Crippen molar-refractivity contribution >= 4 is 8.53 Å². The van der Waals surface area contributed by atoms with Gasteiger partial charge in [-0.1, -0.05) is 105 Å². The van der Waals surface area contributed by atoms with Crippen molar-refractivity contribution in [3.63, 3.8) is 0 Å². The Kier molecular flexibility index (Phi) is 58.4. The summed E-state index contributed by atoms with van der Waals surface area (Å²) in [5.74, 6) is 2.07. The second kappa shape index (κ2) is 46.0. The Morgan fingerprint density at radius 3 is 1.46 bits per heavy atom. The maximum Gasteiger partial charge on any atom is 2.00 e. The molecule has 2 bridgehead atoms. The van der Waals surface area contributed by atoms with Gasteiger partial charge in [0.15, 0.2) is 0 Å². The molecule has 0 heterocycles.